The fraction of sp³-hybridized carbons (Fsp3) is 0. The molecule has 0 bridgehead atoms. The van der Waals surface area contributed by atoms with Crippen LogP contribution in [0.1, 0.15) is 10.4 Å². The maximum Gasteiger partial charge on any atom is 0.321 e. The average Bonchev–Trinajstić information content (AvgIpc) is 2.31. The first kappa shape index (κ1) is 10.1. The molecule has 0 radical (unpaired) electrons. The van der Waals surface area contributed by atoms with Crippen molar-refractivity contribution in [3.63, 3.8) is 0 Å². The molecule has 1 heterocycles. The molecule has 0 aliphatic heterocycles. The van der Waals surface area contributed by atoms with E-state index in [-0.39, 0.29) is 11.6 Å². The molecule has 0 amide bonds. The number of nitrogens with zero attached hydrogens (tertiary/aromatic N) is 2. The van der Waals surface area contributed by atoms with Crippen LogP contribution in [-0.4, -0.2) is 15.9 Å². The van der Waals surface area contributed by atoms with Crippen LogP contribution in [0, 0.1) is 0 Å². The van der Waals surface area contributed by atoms with Crippen LogP contribution in [0.4, 0.5) is 0 Å². The van der Waals surface area contributed by atoms with E-state index in [1.54, 1.807) is 18.5 Å². The fourth-order valence-electron chi connectivity index (χ4n) is 1.10. The van der Waals surface area contributed by atoms with Gasteiger partial charge < -0.3 is 14.6 Å². The Bertz CT molecular complexity index is 482. The van der Waals surface area contributed by atoms with E-state index in [0.717, 1.165) is 0 Å². The summed E-state index contributed by atoms with van der Waals surface area (Å²) in [5.41, 5.74) is 0.0985. The van der Waals surface area contributed by atoms with E-state index in [1.165, 1.54) is 24.3 Å². The highest BCUT2D eigenvalue weighted by Gasteiger charge is 1.99. The van der Waals surface area contributed by atoms with Crippen LogP contribution in [0.3, 0.4) is 0 Å². The minimum absolute atomic E-state index is 0.0985. The predicted molar refractivity (Wildman–Crippen MR) is 52.9 cm³/mol. The van der Waals surface area contributed by atoms with Gasteiger partial charge in [-0.15, -0.1) is 0 Å². The van der Waals surface area contributed by atoms with Crippen LogP contribution >= 0.6 is 0 Å². The quantitative estimate of drug-likeness (QED) is 0.750. The van der Waals surface area contributed by atoms with E-state index in [4.69, 9.17) is 4.74 Å². The Hall–Kier alpha value is -2.43. The van der Waals surface area contributed by atoms with Gasteiger partial charge in [-0.2, -0.15) is 0 Å². The summed E-state index contributed by atoms with van der Waals surface area (Å²) >= 11 is 0. The summed E-state index contributed by atoms with van der Waals surface area (Å²) in [6, 6.07) is 7.71. The summed E-state index contributed by atoms with van der Waals surface area (Å²) in [6.07, 6.45) is 3.11. The van der Waals surface area contributed by atoms with Crippen LogP contribution in [0.15, 0.2) is 42.7 Å². The summed E-state index contributed by atoms with van der Waals surface area (Å²) in [6.45, 7) is 0. The van der Waals surface area contributed by atoms with E-state index in [1.807, 2.05) is 0 Å². The number of ether oxygens (including phenoxy) is 1. The number of hydrogen-bond donors (Lipinski definition) is 0. The van der Waals surface area contributed by atoms with Gasteiger partial charge in [-0.1, -0.05) is 0 Å². The lowest BCUT2D eigenvalue weighted by atomic mass is 10.2. The molecule has 0 saturated carbocycles. The number of carbonyl (C=O) groups excluding carboxylic acids is 1. The van der Waals surface area contributed by atoms with Gasteiger partial charge in [0.05, 0.1) is 5.97 Å². The third-order valence-electron chi connectivity index (χ3n) is 1.84. The van der Waals surface area contributed by atoms with E-state index in [9.17, 15) is 9.90 Å². The first-order valence-electron chi connectivity index (χ1n) is 4.52. The van der Waals surface area contributed by atoms with Crippen LogP contribution in [0.2, 0.25) is 0 Å². The molecule has 0 N–H and O–H groups in total. The molecule has 0 saturated heterocycles. The summed E-state index contributed by atoms with van der Waals surface area (Å²) in [5.74, 6) is -0.751. The van der Waals surface area contributed by atoms with E-state index < -0.39 is 5.97 Å². The number of carboxylic acids is 1. The highest BCUT2D eigenvalue weighted by Crippen LogP contribution is 2.17. The maximum absolute atomic E-state index is 10.5. The lowest BCUT2D eigenvalue weighted by molar-refractivity contribution is -0.255. The summed E-state index contributed by atoms with van der Waals surface area (Å²) in [4.78, 5) is 18.2. The van der Waals surface area contributed by atoms with Crippen LogP contribution in [0.25, 0.3) is 0 Å². The Labute approximate surface area is 91.4 Å². The number of benzene rings is 1. The van der Waals surface area contributed by atoms with Crippen LogP contribution in [0.5, 0.6) is 11.8 Å². The number of carbonyl (C=O) groups is 1. The molecular formula is C11H7N2O3-. The molecule has 0 aliphatic rings. The zero-order chi connectivity index (χ0) is 11.4. The highest BCUT2D eigenvalue weighted by molar-refractivity contribution is 5.85. The molecule has 0 aliphatic carbocycles. The normalized spacial score (nSPS) is 9.75. The largest absolute Gasteiger partial charge is 0.545 e. The van der Waals surface area contributed by atoms with E-state index in [2.05, 4.69) is 9.97 Å². The Morgan fingerprint density at radius 1 is 1.12 bits per heavy atom. The Morgan fingerprint density at radius 3 is 2.31 bits per heavy atom. The standard InChI is InChI=1S/C11H8N2O3/c14-10(15)8-2-4-9(5-3-8)16-11-12-6-1-7-13-11/h1-7H,(H,14,15)/p-1. The fourth-order valence-corrected chi connectivity index (χ4v) is 1.10. The van der Waals surface area contributed by atoms with Gasteiger partial charge in [-0.25, -0.2) is 9.97 Å². The van der Waals surface area contributed by atoms with Gasteiger partial charge in [-0.05, 0) is 35.9 Å². The third-order valence-corrected chi connectivity index (χ3v) is 1.84. The molecule has 0 atom stereocenters. The maximum atomic E-state index is 10.5. The number of aromatic nitrogens is 2. The van der Waals surface area contributed by atoms with Crippen molar-refractivity contribution in [2.24, 2.45) is 0 Å². The minimum atomic E-state index is -1.22. The molecule has 5 heteroatoms. The van der Waals surface area contributed by atoms with Crippen molar-refractivity contribution in [2.75, 3.05) is 0 Å². The number of aromatic carboxylic acids is 1. The van der Waals surface area contributed by atoms with Crippen molar-refractivity contribution in [1.29, 1.82) is 0 Å². The summed E-state index contributed by atoms with van der Waals surface area (Å²) < 4.78 is 5.28. The molecule has 1 aromatic heterocycles. The summed E-state index contributed by atoms with van der Waals surface area (Å²) in [7, 11) is 0. The molecule has 2 aromatic rings. The number of carboxylic acid groups (broad SMARTS) is 1. The van der Waals surface area contributed by atoms with Crippen molar-refractivity contribution in [2.45, 2.75) is 0 Å². The van der Waals surface area contributed by atoms with Gasteiger partial charge in [0.15, 0.2) is 0 Å². The van der Waals surface area contributed by atoms with Gasteiger partial charge in [0, 0.05) is 12.4 Å². The Morgan fingerprint density at radius 2 is 1.75 bits per heavy atom. The van der Waals surface area contributed by atoms with Gasteiger partial charge in [-0.3, -0.25) is 0 Å². The lowest BCUT2D eigenvalue weighted by Gasteiger charge is -2.05. The topological polar surface area (TPSA) is 75.1 Å². The average molecular weight is 215 g/mol. The van der Waals surface area contributed by atoms with Gasteiger partial charge in [0.1, 0.15) is 5.75 Å². The van der Waals surface area contributed by atoms with Crippen molar-refractivity contribution < 1.29 is 14.6 Å². The molecule has 0 fully saturated rings. The second kappa shape index (κ2) is 4.39. The zero-order valence-corrected chi connectivity index (χ0v) is 8.16. The second-order valence-corrected chi connectivity index (χ2v) is 2.95. The Balaban J connectivity index is 2.14. The molecular weight excluding hydrogens is 208 g/mol. The molecule has 0 unspecified atom stereocenters. The molecule has 1 aromatic carbocycles. The van der Waals surface area contributed by atoms with E-state index in [0.29, 0.717) is 5.75 Å². The first-order valence-corrected chi connectivity index (χ1v) is 4.52. The second-order valence-electron chi connectivity index (χ2n) is 2.95. The molecule has 0 spiro atoms. The van der Waals surface area contributed by atoms with Gasteiger partial charge in [0.2, 0.25) is 0 Å². The van der Waals surface area contributed by atoms with E-state index >= 15 is 0 Å². The van der Waals surface area contributed by atoms with Gasteiger partial charge >= 0.3 is 6.01 Å². The minimum Gasteiger partial charge on any atom is -0.545 e. The summed E-state index contributed by atoms with van der Waals surface area (Å²) in [5, 5.41) is 10.5. The SMILES string of the molecule is O=C([O-])c1ccc(Oc2ncccn2)cc1. The van der Waals surface area contributed by atoms with Crippen molar-refractivity contribution >= 4 is 5.97 Å². The van der Waals surface area contributed by atoms with Crippen molar-refractivity contribution in [1.82, 2.24) is 9.97 Å². The number of rotatable bonds is 3. The highest BCUT2D eigenvalue weighted by atomic mass is 16.5. The smallest absolute Gasteiger partial charge is 0.321 e. The molecule has 2 rings (SSSR count). The molecule has 16 heavy (non-hydrogen) atoms. The Kier molecular flexibility index (Phi) is 2.77. The lowest BCUT2D eigenvalue weighted by Crippen LogP contribution is -2.21. The first-order chi connectivity index (χ1) is 7.75. The predicted octanol–water partition coefficient (Wildman–Crippen LogP) is 0.632. The van der Waals surface area contributed by atoms with Gasteiger partial charge in [0.25, 0.3) is 0 Å². The van der Waals surface area contributed by atoms with Crippen LogP contribution in [-0.2, 0) is 0 Å². The molecule has 80 valence electrons. The van der Waals surface area contributed by atoms with Crippen molar-refractivity contribution in [3.05, 3.63) is 48.3 Å². The zero-order valence-electron chi connectivity index (χ0n) is 8.16. The third kappa shape index (κ3) is 2.33. The molecule has 5 nitrogen and oxygen atoms in total. The number of hydrogen-bond acceptors (Lipinski definition) is 5. The monoisotopic (exact) mass is 215 g/mol. The van der Waals surface area contributed by atoms with Crippen LogP contribution < -0.4 is 9.84 Å². The van der Waals surface area contributed by atoms with Crippen molar-refractivity contribution in [3.8, 4) is 11.8 Å².